The molecule has 0 spiro atoms. The van der Waals surface area contributed by atoms with Gasteiger partial charge in [0.2, 0.25) is 11.9 Å². The molecular formula is C25H28N8O. The summed E-state index contributed by atoms with van der Waals surface area (Å²) in [4.78, 5) is 24.0. The Morgan fingerprint density at radius 2 is 1.94 bits per heavy atom. The van der Waals surface area contributed by atoms with Crippen LogP contribution >= 0.6 is 0 Å². The summed E-state index contributed by atoms with van der Waals surface area (Å²) in [6, 6.07) is 17.9. The Morgan fingerprint density at radius 3 is 2.76 bits per heavy atom. The van der Waals surface area contributed by atoms with Gasteiger partial charge in [-0.1, -0.05) is 36.4 Å². The van der Waals surface area contributed by atoms with Crippen LogP contribution in [0.25, 0.3) is 22.2 Å². The molecular weight excluding hydrogens is 428 g/mol. The minimum absolute atomic E-state index is 0.0605. The Kier molecular flexibility index (Phi) is 5.75. The lowest BCUT2D eigenvalue weighted by Crippen LogP contribution is -2.47. The van der Waals surface area contributed by atoms with Crippen molar-refractivity contribution in [2.45, 2.75) is 32.4 Å². The topological polar surface area (TPSA) is 139 Å². The number of nitrogen functional groups attached to an aromatic ring is 2. The van der Waals surface area contributed by atoms with E-state index < -0.39 is 0 Å². The van der Waals surface area contributed by atoms with Crippen molar-refractivity contribution < 1.29 is 4.79 Å². The highest BCUT2D eigenvalue weighted by atomic mass is 16.1. The second kappa shape index (κ2) is 9.01. The van der Waals surface area contributed by atoms with Gasteiger partial charge in [0.15, 0.2) is 5.82 Å². The van der Waals surface area contributed by atoms with E-state index >= 15 is 0 Å². The van der Waals surface area contributed by atoms with Crippen LogP contribution in [0.5, 0.6) is 0 Å². The third-order valence-corrected chi connectivity index (χ3v) is 6.47. The number of anilines is 3. The molecule has 1 saturated heterocycles. The number of benzene rings is 2. The minimum Gasteiger partial charge on any atom is -0.382 e. The Morgan fingerprint density at radius 1 is 1.12 bits per heavy atom. The minimum atomic E-state index is -0.121. The number of carbonyl (C=O) groups is 1. The zero-order valence-corrected chi connectivity index (χ0v) is 19.0. The molecule has 0 bridgehead atoms. The molecule has 6 N–H and O–H groups in total. The molecule has 9 heteroatoms. The van der Waals surface area contributed by atoms with E-state index in [9.17, 15) is 4.79 Å². The van der Waals surface area contributed by atoms with Gasteiger partial charge in [0, 0.05) is 36.1 Å². The van der Waals surface area contributed by atoms with E-state index in [0.717, 1.165) is 40.7 Å². The van der Waals surface area contributed by atoms with Crippen molar-refractivity contribution in [3.8, 4) is 11.3 Å². The van der Waals surface area contributed by atoms with Gasteiger partial charge in [-0.15, -0.1) is 0 Å². The van der Waals surface area contributed by atoms with Crippen LogP contribution < -0.4 is 21.7 Å². The van der Waals surface area contributed by atoms with Crippen molar-refractivity contribution in [1.82, 2.24) is 25.5 Å². The average molecular weight is 457 g/mol. The summed E-state index contributed by atoms with van der Waals surface area (Å²) in [6.07, 6.45) is 1.73. The second-order valence-corrected chi connectivity index (χ2v) is 8.82. The van der Waals surface area contributed by atoms with Gasteiger partial charge in [0.05, 0.1) is 17.1 Å². The Hall–Kier alpha value is -4.14. The van der Waals surface area contributed by atoms with E-state index in [4.69, 9.17) is 11.5 Å². The standard InChI is InChI=1S/C25H28N8O/c1-15-7-8-18(24(34)28-13-16-5-3-2-4-6-16)14-33(15)22-12-20(29-25(27)30-22)17-9-10-19-21(11-17)31-32-23(19)26/h2-6,9-12,15,18H,7-8,13-14H2,1H3,(H,28,34)(H3,26,31,32)(H2,27,29,30)/t15-,18+/m1/s1. The summed E-state index contributed by atoms with van der Waals surface area (Å²) in [5.74, 6) is 1.32. The lowest BCUT2D eigenvalue weighted by atomic mass is 9.92. The third-order valence-electron chi connectivity index (χ3n) is 6.47. The van der Waals surface area contributed by atoms with Crippen LogP contribution in [0.2, 0.25) is 0 Å². The maximum absolute atomic E-state index is 12.9. The molecule has 1 fully saturated rings. The fourth-order valence-electron chi connectivity index (χ4n) is 4.52. The van der Waals surface area contributed by atoms with Crippen molar-refractivity contribution in [2.24, 2.45) is 5.92 Å². The van der Waals surface area contributed by atoms with Gasteiger partial charge in [-0.3, -0.25) is 9.89 Å². The first-order chi connectivity index (χ1) is 16.5. The van der Waals surface area contributed by atoms with E-state index in [1.165, 1.54) is 0 Å². The third kappa shape index (κ3) is 4.36. The van der Waals surface area contributed by atoms with Gasteiger partial charge in [-0.05, 0) is 37.5 Å². The maximum atomic E-state index is 12.9. The lowest BCUT2D eigenvalue weighted by Gasteiger charge is -2.38. The number of H-pyrrole nitrogens is 1. The predicted molar refractivity (Wildman–Crippen MR) is 134 cm³/mol. The molecule has 4 aromatic rings. The molecule has 1 amide bonds. The van der Waals surface area contributed by atoms with E-state index in [0.29, 0.717) is 24.6 Å². The number of aromatic nitrogens is 4. The molecule has 0 radical (unpaired) electrons. The first-order valence-corrected chi connectivity index (χ1v) is 11.4. The van der Waals surface area contributed by atoms with Gasteiger partial charge in [0.25, 0.3) is 0 Å². The van der Waals surface area contributed by atoms with E-state index in [1.807, 2.05) is 54.6 Å². The highest BCUT2D eigenvalue weighted by Gasteiger charge is 2.31. The molecule has 1 aliphatic rings. The number of amides is 1. The van der Waals surface area contributed by atoms with Gasteiger partial charge in [-0.2, -0.15) is 10.1 Å². The number of nitrogens with zero attached hydrogens (tertiary/aromatic N) is 4. The van der Waals surface area contributed by atoms with E-state index in [-0.39, 0.29) is 23.8 Å². The summed E-state index contributed by atoms with van der Waals surface area (Å²) in [6.45, 7) is 3.25. The molecule has 9 nitrogen and oxygen atoms in total. The monoisotopic (exact) mass is 456 g/mol. The van der Waals surface area contributed by atoms with Crippen molar-refractivity contribution in [2.75, 3.05) is 22.9 Å². The van der Waals surface area contributed by atoms with E-state index in [1.54, 1.807) is 0 Å². The van der Waals surface area contributed by atoms with E-state index in [2.05, 4.69) is 37.3 Å². The Balaban J connectivity index is 1.36. The Labute approximate surface area is 197 Å². The lowest BCUT2D eigenvalue weighted by molar-refractivity contribution is -0.125. The van der Waals surface area contributed by atoms with Gasteiger partial charge >= 0.3 is 0 Å². The SMILES string of the molecule is C[C@@H]1CC[C@H](C(=O)NCc2ccccc2)CN1c1cc(-c2ccc3c(N)n[nH]c3c2)nc(N)n1. The Bertz CT molecular complexity index is 1320. The normalized spacial score (nSPS) is 18.2. The molecule has 2 aromatic heterocycles. The van der Waals surface area contributed by atoms with Crippen molar-refractivity contribution >= 4 is 34.4 Å². The van der Waals surface area contributed by atoms with Gasteiger partial charge in [0.1, 0.15) is 5.82 Å². The van der Waals surface area contributed by atoms with Crippen LogP contribution in [0.15, 0.2) is 54.6 Å². The smallest absolute Gasteiger partial charge is 0.225 e. The quantitative estimate of drug-likeness (QED) is 0.362. The molecule has 0 saturated carbocycles. The summed E-state index contributed by atoms with van der Waals surface area (Å²) < 4.78 is 0. The van der Waals surface area contributed by atoms with Crippen LogP contribution in [0.4, 0.5) is 17.6 Å². The number of rotatable bonds is 5. The van der Waals surface area contributed by atoms with Crippen molar-refractivity contribution in [3.05, 3.63) is 60.2 Å². The fraction of sp³-hybridized carbons (Fsp3) is 0.280. The zero-order chi connectivity index (χ0) is 23.7. The molecule has 5 rings (SSSR count). The van der Waals surface area contributed by atoms with Crippen LogP contribution in [0, 0.1) is 5.92 Å². The van der Waals surface area contributed by atoms with Crippen LogP contribution in [0.3, 0.4) is 0 Å². The summed E-state index contributed by atoms with van der Waals surface area (Å²) in [5, 5.41) is 10.9. The van der Waals surface area contributed by atoms with Crippen LogP contribution in [-0.2, 0) is 11.3 Å². The number of piperidine rings is 1. The number of nitrogens with two attached hydrogens (primary N) is 2. The molecule has 2 atom stereocenters. The average Bonchev–Trinajstić information content (AvgIpc) is 3.23. The number of fused-ring (bicyclic) bond motifs is 1. The second-order valence-electron chi connectivity index (χ2n) is 8.82. The highest BCUT2D eigenvalue weighted by molar-refractivity contribution is 5.91. The molecule has 3 heterocycles. The summed E-state index contributed by atoms with van der Waals surface area (Å²) >= 11 is 0. The number of nitrogens with one attached hydrogen (secondary N) is 2. The molecule has 2 aromatic carbocycles. The van der Waals surface area contributed by atoms with Crippen molar-refractivity contribution in [1.29, 1.82) is 0 Å². The first-order valence-electron chi connectivity index (χ1n) is 11.4. The number of aromatic amines is 1. The van der Waals surface area contributed by atoms with Crippen LogP contribution in [0.1, 0.15) is 25.3 Å². The number of hydrogen-bond acceptors (Lipinski definition) is 7. The van der Waals surface area contributed by atoms with Gasteiger partial charge in [-0.25, -0.2) is 4.98 Å². The molecule has 0 aliphatic carbocycles. The van der Waals surface area contributed by atoms with Crippen LogP contribution in [-0.4, -0.2) is 38.7 Å². The molecule has 174 valence electrons. The highest BCUT2D eigenvalue weighted by Crippen LogP contribution is 2.31. The summed E-state index contributed by atoms with van der Waals surface area (Å²) in [5.41, 5.74) is 15.5. The predicted octanol–water partition coefficient (Wildman–Crippen LogP) is 3.11. The van der Waals surface area contributed by atoms with Gasteiger partial charge < -0.3 is 21.7 Å². The molecule has 0 unspecified atom stereocenters. The number of carbonyl (C=O) groups excluding carboxylic acids is 1. The van der Waals surface area contributed by atoms with Crippen molar-refractivity contribution in [3.63, 3.8) is 0 Å². The first kappa shape index (κ1) is 21.7. The number of hydrogen-bond donors (Lipinski definition) is 4. The fourth-order valence-corrected chi connectivity index (χ4v) is 4.52. The maximum Gasteiger partial charge on any atom is 0.225 e. The zero-order valence-electron chi connectivity index (χ0n) is 19.0. The largest absolute Gasteiger partial charge is 0.382 e. The molecule has 34 heavy (non-hydrogen) atoms. The summed E-state index contributed by atoms with van der Waals surface area (Å²) in [7, 11) is 0. The molecule has 1 aliphatic heterocycles.